The first kappa shape index (κ1) is 20.8. The summed E-state index contributed by atoms with van der Waals surface area (Å²) in [4.78, 5) is 27.2. The fraction of sp³-hybridized carbons (Fsp3) is 0.391. The fourth-order valence-electron chi connectivity index (χ4n) is 3.47. The quantitative estimate of drug-likeness (QED) is 0.806. The third kappa shape index (κ3) is 5.13. The van der Waals surface area contributed by atoms with Crippen LogP contribution in [0.3, 0.4) is 0 Å². The zero-order valence-corrected chi connectivity index (χ0v) is 16.9. The molecule has 1 aliphatic rings. The highest BCUT2D eigenvalue weighted by molar-refractivity contribution is 5.94. The molecule has 0 atom stereocenters. The standard InChI is InChI=1S/C23H27FN2O3/c1-3-29-20-10-6-18(7-11-20)21(27)26-14-12-23(2,13-15-26)22(28)25-16-17-4-8-19(24)9-5-17/h4-11H,3,12-16H2,1-2H3,(H,25,28). The predicted molar refractivity (Wildman–Crippen MR) is 109 cm³/mol. The summed E-state index contributed by atoms with van der Waals surface area (Å²) >= 11 is 0. The third-order valence-electron chi connectivity index (χ3n) is 5.48. The fourth-order valence-corrected chi connectivity index (χ4v) is 3.47. The molecule has 5 nitrogen and oxygen atoms in total. The van der Waals surface area contributed by atoms with Crippen molar-refractivity contribution >= 4 is 11.8 Å². The van der Waals surface area contributed by atoms with E-state index in [2.05, 4.69) is 5.32 Å². The molecule has 0 bridgehead atoms. The second-order valence-corrected chi connectivity index (χ2v) is 7.62. The lowest BCUT2D eigenvalue weighted by molar-refractivity contribution is -0.132. The van der Waals surface area contributed by atoms with Gasteiger partial charge in [0.2, 0.25) is 5.91 Å². The van der Waals surface area contributed by atoms with Gasteiger partial charge >= 0.3 is 0 Å². The Labute approximate surface area is 170 Å². The number of benzene rings is 2. The van der Waals surface area contributed by atoms with Gasteiger partial charge in [0.05, 0.1) is 6.61 Å². The number of nitrogens with zero attached hydrogens (tertiary/aromatic N) is 1. The number of ether oxygens (including phenoxy) is 1. The summed E-state index contributed by atoms with van der Waals surface area (Å²) in [6.45, 7) is 5.87. The molecule has 1 heterocycles. The van der Waals surface area contributed by atoms with Crippen LogP contribution in [0.25, 0.3) is 0 Å². The van der Waals surface area contributed by atoms with Crippen LogP contribution in [-0.4, -0.2) is 36.4 Å². The number of likely N-dealkylation sites (tertiary alicyclic amines) is 1. The van der Waals surface area contributed by atoms with Gasteiger partial charge in [-0.15, -0.1) is 0 Å². The first-order chi connectivity index (χ1) is 13.9. The molecule has 0 saturated carbocycles. The number of hydrogen-bond donors (Lipinski definition) is 1. The van der Waals surface area contributed by atoms with E-state index in [1.165, 1.54) is 12.1 Å². The van der Waals surface area contributed by atoms with E-state index in [4.69, 9.17) is 4.74 Å². The molecule has 29 heavy (non-hydrogen) atoms. The number of hydrogen-bond acceptors (Lipinski definition) is 3. The molecule has 0 unspecified atom stereocenters. The van der Waals surface area contributed by atoms with Crippen LogP contribution >= 0.6 is 0 Å². The lowest BCUT2D eigenvalue weighted by Gasteiger charge is -2.38. The average Bonchev–Trinajstić information content (AvgIpc) is 2.74. The normalized spacial score (nSPS) is 15.6. The van der Waals surface area contributed by atoms with Crippen molar-refractivity contribution in [2.24, 2.45) is 5.41 Å². The summed E-state index contributed by atoms with van der Waals surface area (Å²) in [7, 11) is 0. The van der Waals surface area contributed by atoms with Crippen LogP contribution in [0, 0.1) is 11.2 Å². The van der Waals surface area contributed by atoms with Crippen LogP contribution in [0.4, 0.5) is 4.39 Å². The van der Waals surface area contributed by atoms with Gasteiger partial charge in [0.15, 0.2) is 0 Å². The molecule has 0 aromatic heterocycles. The lowest BCUT2D eigenvalue weighted by Crippen LogP contribution is -2.48. The number of piperidine rings is 1. The van der Waals surface area contributed by atoms with Gasteiger partial charge in [-0.25, -0.2) is 4.39 Å². The minimum atomic E-state index is -0.518. The Hall–Kier alpha value is -2.89. The van der Waals surface area contributed by atoms with Gasteiger partial charge in [-0.3, -0.25) is 9.59 Å². The number of carbonyl (C=O) groups is 2. The number of halogens is 1. The van der Waals surface area contributed by atoms with E-state index in [-0.39, 0.29) is 17.6 Å². The molecule has 1 aliphatic heterocycles. The molecule has 1 saturated heterocycles. The van der Waals surface area contributed by atoms with Gasteiger partial charge in [0.25, 0.3) is 5.91 Å². The van der Waals surface area contributed by atoms with Crippen LogP contribution in [0.1, 0.15) is 42.6 Å². The first-order valence-corrected chi connectivity index (χ1v) is 9.96. The van der Waals surface area contributed by atoms with Crippen molar-refractivity contribution in [2.75, 3.05) is 19.7 Å². The molecule has 1 N–H and O–H groups in total. The van der Waals surface area contributed by atoms with Gasteiger partial charge in [-0.2, -0.15) is 0 Å². The molecule has 0 aliphatic carbocycles. The lowest BCUT2D eigenvalue weighted by atomic mass is 9.79. The van der Waals surface area contributed by atoms with Crippen molar-refractivity contribution in [1.29, 1.82) is 0 Å². The Kier molecular flexibility index (Phi) is 6.52. The van der Waals surface area contributed by atoms with Gasteiger partial charge in [-0.05, 0) is 61.7 Å². The van der Waals surface area contributed by atoms with E-state index >= 15 is 0 Å². The van der Waals surface area contributed by atoms with Gasteiger partial charge < -0.3 is 15.0 Å². The molecule has 6 heteroatoms. The molecule has 154 valence electrons. The summed E-state index contributed by atoms with van der Waals surface area (Å²) < 4.78 is 18.4. The van der Waals surface area contributed by atoms with Crippen LogP contribution in [-0.2, 0) is 11.3 Å². The minimum Gasteiger partial charge on any atom is -0.494 e. The Balaban J connectivity index is 1.53. The van der Waals surface area contributed by atoms with E-state index in [0.29, 0.717) is 44.6 Å². The van der Waals surface area contributed by atoms with E-state index in [9.17, 15) is 14.0 Å². The second-order valence-electron chi connectivity index (χ2n) is 7.62. The maximum absolute atomic E-state index is 13.0. The summed E-state index contributed by atoms with van der Waals surface area (Å²) in [5, 5.41) is 2.94. The smallest absolute Gasteiger partial charge is 0.253 e. The Morgan fingerprint density at radius 2 is 1.69 bits per heavy atom. The van der Waals surface area contributed by atoms with Crippen LogP contribution in [0.15, 0.2) is 48.5 Å². The topological polar surface area (TPSA) is 58.6 Å². The van der Waals surface area contributed by atoms with Crippen molar-refractivity contribution in [3.63, 3.8) is 0 Å². The number of amides is 2. The predicted octanol–water partition coefficient (Wildman–Crippen LogP) is 3.78. The van der Waals surface area contributed by atoms with E-state index in [1.807, 2.05) is 13.8 Å². The Morgan fingerprint density at radius 1 is 1.07 bits per heavy atom. The monoisotopic (exact) mass is 398 g/mol. The van der Waals surface area contributed by atoms with E-state index in [1.54, 1.807) is 41.3 Å². The highest BCUT2D eigenvalue weighted by atomic mass is 19.1. The minimum absolute atomic E-state index is 0.0261. The Bertz CT molecular complexity index is 841. The molecule has 2 amide bonds. The zero-order chi connectivity index (χ0) is 20.9. The second kappa shape index (κ2) is 9.07. The third-order valence-corrected chi connectivity index (χ3v) is 5.48. The van der Waals surface area contributed by atoms with Crippen LogP contribution in [0.2, 0.25) is 0 Å². The molecule has 3 rings (SSSR count). The number of carbonyl (C=O) groups excluding carboxylic acids is 2. The summed E-state index contributed by atoms with van der Waals surface area (Å²) in [5.74, 6) is 0.390. The molecular weight excluding hydrogens is 371 g/mol. The maximum Gasteiger partial charge on any atom is 0.253 e. The highest BCUT2D eigenvalue weighted by Gasteiger charge is 2.38. The van der Waals surface area contributed by atoms with Crippen molar-refractivity contribution in [3.05, 3.63) is 65.5 Å². The van der Waals surface area contributed by atoms with Crippen LogP contribution in [0.5, 0.6) is 5.75 Å². The van der Waals surface area contributed by atoms with Gasteiger partial charge in [0.1, 0.15) is 11.6 Å². The highest BCUT2D eigenvalue weighted by Crippen LogP contribution is 2.32. The summed E-state index contributed by atoms with van der Waals surface area (Å²) in [6, 6.07) is 13.2. The zero-order valence-electron chi connectivity index (χ0n) is 16.9. The van der Waals surface area contributed by atoms with Crippen molar-refractivity contribution in [3.8, 4) is 5.75 Å². The van der Waals surface area contributed by atoms with Crippen molar-refractivity contribution in [2.45, 2.75) is 33.2 Å². The summed E-state index contributed by atoms with van der Waals surface area (Å²) in [5.41, 5.74) is 0.958. The SMILES string of the molecule is CCOc1ccc(C(=O)N2CCC(C)(C(=O)NCc3ccc(F)cc3)CC2)cc1. The van der Waals surface area contributed by atoms with Gasteiger partial charge in [-0.1, -0.05) is 19.1 Å². The molecule has 2 aromatic rings. The van der Waals surface area contributed by atoms with E-state index in [0.717, 1.165) is 11.3 Å². The molecule has 2 aromatic carbocycles. The summed E-state index contributed by atoms with van der Waals surface area (Å²) in [6.07, 6.45) is 1.20. The van der Waals surface area contributed by atoms with Crippen molar-refractivity contribution in [1.82, 2.24) is 10.2 Å². The maximum atomic E-state index is 13.0. The van der Waals surface area contributed by atoms with E-state index < -0.39 is 5.41 Å². The van der Waals surface area contributed by atoms with Crippen molar-refractivity contribution < 1.29 is 18.7 Å². The van der Waals surface area contributed by atoms with Gasteiger partial charge in [0, 0.05) is 30.6 Å². The van der Waals surface area contributed by atoms with Crippen LogP contribution < -0.4 is 10.1 Å². The molecule has 1 fully saturated rings. The first-order valence-electron chi connectivity index (χ1n) is 9.96. The number of nitrogens with one attached hydrogen (secondary N) is 1. The molecular formula is C23H27FN2O3. The number of rotatable bonds is 6. The molecule has 0 spiro atoms. The largest absolute Gasteiger partial charge is 0.494 e. The average molecular weight is 398 g/mol. The Morgan fingerprint density at radius 3 is 2.28 bits per heavy atom. The molecule has 0 radical (unpaired) electrons.